The number of methoxy groups -OCH3 is 1. The predicted octanol–water partition coefficient (Wildman–Crippen LogP) is 1.19. The SMILES string of the molecule is CCCCOCC(O)CN1CCCC[C@@H]1C(=O)OC. The smallest absolute Gasteiger partial charge is 0.323 e. The predicted molar refractivity (Wildman–Crippen MR) is 73.0 cm³/mol. The van der Waals surface area contributed by atoms with Gasteiger partial charge in [0, 0.05) is 13.2 Å². The number of β-amino-alcohol motifs (C(OH)–C–C–N with tert-alkyl or cyclic N) is 1. The van der Waals surface area contributed by atoms with Crippen molar-refractivity contribution in [3.63, 3.8) is 0 Å². The molecule has 5 heteroatoms. The first kappa shape index (κ1) is 16.4. The summed E-state index contributed by atoms with van der Waals surface area (Å²) < 4.78 is 10.2. The van der Waals surface area contributed by atoms with Gasteiger partial charge in [0.15, 0.2) is 0 Å². The van der Waals surface area contributed by atoms with Crippen LogP contribution in [-0.2, 0) is 14.3 Å². The Kier molecular flexibility index (Phi) is 8.02. The molecule has 0 radical (unpaired) electrons. The minimum absolute atomic E-state index is 0.196. The highest BCUT2D eigenvalue weighted by Gasteiger charge is 2.30. The maximum absolute atomic E-state index is 11.7. The van der Waals surface area contributed by atoms with Crippen LogP contribution in [0.2, 0.25) is 0 Å². The number of hydrogen-bond donors (Lipinski definition) is 1. The number of esters is 1. The Labute approximate surface area is 115 Å². The lowest BCUT2D eigenvalue weighted by atomic mass is 10.0. The number of carbonyl (C=O) groups excluding carboxylic acids is 1. The van der Waals surface area contributed by atoms with Crippen LogP contribution in [0.15, 0.2) is 0 Å². The lowest BCUT2D eigenvalue weighted by Crippen LogP contribution is -2.48. The van der Waals surface area contributed by atoms with E-state index >= 15 is 0 Å². The van der Waals surface area contributed by atoms with Gasteiger partial charge in [-0.25, -0.2) is 0 Å². The van der Waals surface area contributed by atoms with Crippen LogP contribution in [0.25, 0.3) is 0 Å². The third-order valence-corrected chi connectivity index (χ3v) is 3.48. The van der Waals surface area contributed by atoms with Crippen LogP contribution in [0.1, 0.15) is 39.0 Å². The van der Waals surface area contributed by atoms with Gasteiger partial charge in [0.05, 0.1) is 19.8 Å². The normalized spacial score (nSPS) is 22.2. The summed E-state index contributed by atoms with van der Waals surface area (Å²) in [7, 11) is 1.42. The molecule has 1 saturated heterocycles. The van der Waals surface area contributed by atoms with E-state index in [0.29, 0.717) is 19.8 Å². The zero-order chi connectivity index (χ0) is 14.1. The van der Waals surface area contributed by atoms with E-state index in [2.05, 4.69) is 6.92 Å². The molecule has 1 fully saturated rings. The van der Waals surface area contributed by atoms with E-state index in [1.165, 1.54) is 7.11 Å². The Balaban J connectivity index is 2.33. The first-order valence-electron chi connectivity index (χ1n) is 7.26. The van der Waals surface area contributed by atoms with E-state index in [4.69, 9.17) is 9.47 Å². The second kappa shape index (κ2) is 9.28. The monoisotopic (exact) mass is 273 g/mol. The molecule has 0 bridgehead atoms. The standard InChI is InChI=1S/C14H27NO4/c1-3-4-9-19-11-12(16)10-15-8-6-5-7-13(15)14(17)18-2/h12-13,16H,3-11H2,1-2H3/t12?,13-/m1/s1. The number of rotatable bonds is 8. The maximum Gasteiger partial charge on any atom is 0.323 e. The molecule has 0 saturated carbocycles. The highest BCUT2D eigenvalue weighted by Crippen LogP contribution is 2.18. The summed E-state index contributed by atoms with van der Waals surface area (Å²) in [5.41, 5.74) is 0. The van der Waals surface area contributed by atoms with Crippen LogP contribution in [-0.4, -0.2) is 61.5 Å². The molecule has 1 aliphatic heterocycles. The van der Waals surface area contributed by atoms with Gasteiger partial charge in [0.1, 0.15) is 6.04 Å². The van der Waals surface area contributed by atoms with E-state index in [1.807, 2.05) is 4.90 Å². The Morgan fingerprint density at radius 2 is 2.26 bits per heavy atom. The van der Waals surface area contributed by atoms with E-state index in [0.717, 1.165) is 38.6 Å². The molecule has 5 nitrogen and oxygen atoms in total. The third kappa shape index (κ3) is 5.89. The van der Waals surface area contributed by atoms with Gasteiger partial charge in [-0.2, -0.15) is 0 Å². The minimum atomic E-state index is -0.540. The molecular weight excluding hydrogens is 246 g/mol. The quantitative estimate of drug-likeness (QED) is 0.532. The van der Waals surface area contributed by atoms with Gasteiger partial charge >= 0.3 is 5.97 Å². The molecule has 0 spiro atoms. The van der Waals surface area contributed by atoms with Gasteiger partial charge in [0.2, 0.25) is 0 Å². The molecule has 0 aromatic heterocycles. The summed E-state index contributed by atoms with van der Waals surface area (Å²) in [5, 5.41) is 9.95. The van der Waals surface area contributed by atoms with Crippen molar-refractivity contribution in [3.8, 4) is 0 Å². The molecule has 0 aliphatic carbocycles. The van der Waals surface area contributed by atoms with Crippen molar-refractivity contribution < 1.29 is 19.4 Å². The fourth-order valence-electron chi connectivity index (χ4n) is 2.40. The van der Waals surface area contributed by atoms with E-state index < -0.39 is 6.10 Å². The number of aliphatic hydroxyl groups excluding tert-OH is 1. The number of carbonyl (C=O) groups is 1. The third-order valence-electron chi connectivity index (χ3n) is 3.48. The summed E-state index contributed by atoms with van der Waals surface area (Å²) in [6, 6.07) is -0.205. The first-order valence-corrected chi connectivity index (χ1v) is 7.26. The minimum Gasteiger partial charge on any atom is -0.468 e. The van der Waals surface area contributed by atoms with Gasteiger partial charge in [-0.1, -0.05) is 19.8 Å². The van der Waals surface area contributed by atoms with E-state index in [-0.39, 0.29) is 12.0 Å². The van der Waals surface area contributed by atoms with Crippen LogP contribution in [0.4, 0.5) is 0 Å². The molecule has 1 heterocycles. The van der Waals surface area contributed by atoms with Gasteiger partial charge < -0.3 is 14.6 Å². The number of nitrogens with zero attached hydrogens (tertiary/aromatic N) is 1. The molecule has 1 unspecified atom stereocenters. The van der Waals surface area contributed by atoms with Crippen molar-refractivity contribution in [3.05, 3.63) is 0 Å². The highest BCUT2D eigenvalue weighted by atomic mass is 16.5. The molecular formula is C14H27NO4. The van der Waals surface area contributed by atoms with Gasteiger partial charge in [-0.05, 0) is 25.8 Å². The fraction of sp³-hybridized carbons (Fsp3) is 0.929. The van der Waals surface area contributed by atoms with Crippen molar-refractivity contribution in [2.24, 2.45) is 0 Å². The van der Waals surface area contributed by atoms with Crippen molar-refractivity contribution in [2.75, 3.05) is 33.4 Å². The van der Waals surface area contributed by atoms with Crippen molar-refractivity contribution in [2.45, 2.75) is 51.2 Å². The van der Waals surface area contributed by atoms with Crippen molar-refractivity contribution >= 4 is 5.97 Å². The topological polar surface area (TPSA) is 59.0 Å². The van der Waals surface area contributed by atoms with Crippen LogP contribution in [0.5, 0.6) is 0 Å². The zero-order valence-corrected chi connectivity index (χ0v) is 12.1. The molecule has 112 valence electrons. The number of likely N-dealkylation sites (tertiary alicyclic amines) is 1. The average molecular weight is 273 g/mol. The molecule has 19 heavy (non-hydrogen) atoms. The molecule has 1 N–H and O–H groups in total. The van der Waals surface area contributed by atoms with Crippen LogP contribution in [0.3, 0.4) is 0 Å². The van der Waals surface area contributed by atoms with Crippen molar-refractivity contribution in [1.82, 2.24) is 4.90 Å². The number of piperidine rings is 1. The summed E-state index contributed by atoms with van der Waals surface area (Å²) in [6.45, 7) is 4.45. The Hall–Kier alpha value is -0.650. The Morgan fingerprint density at radius 3 is 2.95 bits per heavy atom. The highest BCUT2D eigenvalue weighted by molar-refractivity contribution is 5.75. The molecule has 0 aromatic rings. The lowest BCUT2D eigenvalue weighted by molar-refractivity contribution is -0.149. The average Bonchev–Trinajstić information content (AvgIpc) is 2.43. The summed E-state index contributed by atoms with van der Waals surface area (Å²) >= 11 is 0. The van der Waals surface area contributed by atoms with Gasteiger partial charge in [-0.15, -0.1) is 0 Å². The van der Waals surface area contributed by atoms with Crippen molar-refractivity contribution in [1.29, 1.82) is 0 Å². The molecule has 0 aromatic carbocycles. The van der Waals surface area contributed by atoms with Gasteiger partial charge in [0.25, 0.3) is 0 Å². The Morgan fingerprint density at radius 1 is 1.47 bits per heavy atom. The first-order chi connectivity index (χ1) is 9.19. The zero-order valence-electron chi connectivity index (χ0n) is 12.1. The maximum atomic E-state index is 11.7. The summed E-state index contributed by atoms with van der Waals surface area (Å²) in [6.07, 6.45) is 4.49. The number of unbranched alkanes of at least 4 members (excludes halogenated alkanes) is 1. The number of ether oxygens (including phenoxy) is 2. The summed E-state index contributed by atoms with van der Waals surface area (Å²) in [4.78, 5) is 13.7. The van der Waals surface area contributed by atoms with Crippen LogP contribution >= 0.6 is 0 Å². The number of hydrogen-bond acceptors (Lipinski definition) is 5. The van der Waals surface area contributed by atoms with Gasteiger partial charge in [-0.3, -0.25) is 9.69 Å². The summed E-state index contributed by atoms with van der Waals surface area (Å²) in [5.74, 6) is -0.196. The van der Waals surface area contributed by atoms with Crippen LogP contribution in [0, 0.1) is 0 Å². The Bertz CT molecular complexity index is 260. The second-order valence-corrected chi connectivity index (χ2v) is 5.11. The van der Waals surface area contributed by atoms with E-state index in [1.54, 1.807) is 0 Å². The molecule has 1 rings (SSSR count). The molecule has 0 amide bonds. The largest absolute Gasteiger partial charge is 0.468 e. The lowest BCUT2D eigenvalue weighted by Gasteiger charge is -2.34. The van der Waals surface area contributed by atoms with E-state index in [9.17, 15) is 9.90 Å². The second-order valence-electron chi connectivity index (χ2n) is 5.11. The molecule has 1 aliphatic rings. The number of aliphatic hydroxyl groups is 1. The molecule has 2 atom stereocenters. The van der Waals surface area contributed by atoms with Crippen LogP contribution < -0.4 is 0 Å². The fourth-order valence-corrected chi connectivity index (χ4v) is 2.40.